The molecule has 2 aromatic carbocycles. The SMILES string of the molecule is COc1ccc(Oc2ccc(CNC(=O)C3(NC(=O)C4CCN(C)CC4)CCOCC3)cc2)c(C(F)(F)F)c1. The number of hydrogen-bond donors (Lipinski definition) is 2. The Hall–Kier alpha value is -3.31. The van der Waals surface area contributed by atoms with E-state index in [1.807, 2.05) is 7.05 Å². The van der Waals surface area contributed by atoms with Crippen LogP contribution in [0.4, 0.5) is 13.2 Å². The Labute approximate surface area is 225 Å². The standard InChI is InChI=1S/C28H34F3N3O5/c1-34-13-9-20(10-14-34)25(35)33-27(11-15-38-16-12-27)26(36)32-18-19-3-5-21(6-4-19)39-24-8-7-22(37-2)17-23(24)28(29,30)31/h3-8,17,20H,9-16,18H2,1-2H3,(H,32,36)(H,33,35). The predicted molar refractivity (Wildman–Crippen MR) is 138 cm³/mol. The van der Waals surface area contributed by atoms with Crippen molar-refractivity contribution in [1.82, 2.24) is 15.5 Å². The topological polar surface area (TPSA) is 89.1 Å². The minimum atomic E-state index is -4.61. The van der Waals surface area contributed by atoms with Gasteiger partial charge in [-0.25, -0.2) is 0 Å². The highest BCUT2D eigenvalue weighted by Crippen LogP contribution is 2.40. The van der Waals surface area contributed by atoms with E-state index in [4.69, 9.17) is 14.2 Å². The van der Waals surface area contributed by atoms with Crippen LogP contribution in [0, 0.1) is 5.92 Å². The van der Waals surface area contributed by atoms with Crippen LogP contribution in [0.1, 0.15) is 36.8 Å². The number of carbonyl (C=O) groups excluding carboxylic acids is 2. The van der Waals surface area contributed by atoms with Crippen molar-refractivity contribution >= 4 is 11.8 Å². The number of ether oxygens (including phenoxy) is 3. The molecule has 8 nitrogen and oxygen atoms in total. The molecular formula is C28H34F3N3O5. The smallest absolute Gasteiger partial charge is 0.420 e. The fourth-order valence-corrected chi connectivity index (χ4v) is 4.84. The lowest BCUT2D eigenvalue weighted by molar-refractivity contribution is -0.140. The van der Waals surface area contributed by atoms with Crippen LogP contribution in [0.3, 0.4) is 0 Å². The van der Waals surface area contributed by atoms with Crippen LogP contribution in [0.2, 0.25) is 0 Å². The number of nitrogens with one attached hydrogen (secondary N) is 2. The quantitative estimate of drug-likeness (QED) is 0.515. The van der Waals surface area contributed by atoms with Crippen molar-refractivity contribution in [2.45, 2.75) is 43.9 Å². The fourth-order valence-electron chi connectivity index (χ4n) is 4.84. The molecule has 2 aromatic rings. The summed E-state index contributed by atoms with van der Waals surface area (Å²) in [7, 11) is 3.32. The molecular weight excluding hydrogens is 515 g/mol. The van der Waals surface area contributed by atoms with Crippen molar-refractivity contribution in [3.63, 3.8) is 0 Å². The van der Waals surface area contributed by atoms with Gasteiger partial charge in [-0.05, 0) is 68.9 Å². The Morgan fingerprint density at radius 1 is 1.05 bits per heavy atom. The highest BCUT2D eigenvalue weighted by atomic mass is 19.4. The molecule has 39 heavy (non-hydrogen) atoms. The van der Waals surface area contributed by atoms with Gasteiger partial charge in [-0.3, -0.25) is 9.59 Å². The third-order valence-corrected chi connectivity index (χ3v) is 7.33. The normalized spacial score (nSPS) is 18.3. The van der Waals surface area contributed by atoms with Gasteiger partial charge >= 0.3 is 6.18 Å². The van der Waals surface area contributed by atoms with Gasteiger partial charge in [0.2, 0.25) is 11.8 Å². The van der Waals surface area contributed by atoms with Gasteiger partial charge in [0, 0.05) is 38.5 Å². The molecule has 11 heteroatoms. The zero-order valence-electron chi connectivity index (χ0n) is 22.1. The summed E-state index contributed by atoms with van der Waals surface area (Å²) < 4.78 is 56.3. The third-order valence-electron chi connectivity index (χ3n) is 7.33. The second kappa shape index (κ2) is 12.3. The molecule has 0 spiro atoms. The first kappa shape index (κ1) is 28.7. The minimum absolute atomic E-state index is 0.0746. The van der Waals surface area contributed by atoms with Gasteiger partial charge in [0.15, 0.2) is 0 Å². The van der Waals surface area contributed by atoms with Crippen LogP contribution in [-0.4, -0.2) is 62.7 Å². The first-order chi connectivity index (χ1) is 18.6. The Balaban J connectivity index is 1.38. The Kier molecular flexibility index (Phi) is 9.01. The molecule has 0 saturated carbocycles. The number of carbonyl (C=O) groups is 2. The van der Waals surface area contributed by atoms with Crippen molar-refractivity contribution in [2.75, 3.05) is 40.5 Å². The Bertz CT molecular complexity index is 1140. The van der Waals surface area contributed by atoms with Crippen molar-refractivity contribution in [3.8, 4) is 17.2 Å². The number of methoxy groups -OCH3 is 1. The van der Waals surface area contributed by atoms with E-state index in [1.165, 1.54) is 31.4 Å². The van der Waals surface area contributed by atoms with E-state index in [2.05, 4.69) is 15.5 Å². The predicted octanol–water partition coefficient (Wildman–Crippen LogP) is 4.13. The third kappa shape index (κ3) is 7.21. The van der Waals surface area contributed by atoms with E-state index in [9.17, 15) is 22.8 Å². The van der Waals surface area contributed by atoms with Gasteiger partial charge in [-0.15, -0.1) is 0 Å². The summed E-state index contributed by atoms with van der Waals surface area (Å²) >= 11 is 0. The van der Waals surface area contributed by atoms with E-state index in [1.54, 1.807) is 12.1 Å². The molecule has 0 radical (unpaired) electrons. The molecule has 2 fully saturated rings. The van der Waals surface area contributed by atoms with Gasteiger partial charge in [-0.2, -0.15) is 13.2 Å². The van der Waals surface area contributed by atoms with Crippen molar-refractivity contribution in [2.24, 2.45) is 5.92 Å². The number of likely N-dealkylation sites (tertiary alicyclic amines) is 1. The zero-order valence-corrected chi connectivity index (χ0v) is 22.1. The molecule has 2 heterocycles. The van der Waals surface area contributed by atoms with E-state index in [0.717, 1.165) is 37.6 Å². The van der Waals surface area contributed by atoms with Crippen LogP contribution in [0.25, 0.3) is 0 Å². The summed E-state index contributed by atoms with van der Waals surface area (Å²) in [5.41, 5.74) is -1.25. The highest BCUT2D eigenvalue weighted by Gasteiger charge is 2.42. The van der Waals surface area contributed by atoms with Crippen LogP contribution in [-0.2, 0) is 27.0 Å². The van der Waals surface area contributed by atoms with Gasteiger partial charge in [0.25, 0.3) is 0 Å². The second-order valence-electron chi connectivity index (χ2n) is 10.0. The number of alkyl halides is 3. The summed E-state index contributed by atoms with van der Waals surface area (Å²) in [4.78, 5) is 28.5. The van der Waals surface area contributed by atoms with Crippen LogP contribution >= 0.6 is 0 Å². The largest absolute Gasteiger partial charge is 0.497 e. The molecule has 0 unspecified atom stereocenters. The van der Waals surface area contributed by atoms with E-state index < -0.39 is 17.3 Å². The van der Waals surface area contributed by atoms with E-state index >= 15 is 0 Å². The molecule has 0 atom stereocenters. The second-order valence-corrected chi connectivity index (χ2v) is 10.0. The van der Waals surface area contributed by atoms with E-state index in [-0.39, 0.29) is 41.5 Å². The zero-order chi connectivity index (χ0) is 28.0. The van der Waals surface area contributed by atoms with Gasteiger partial charge in [0.05, 0.1) is 7.11 Å². The van der Waals surface area contributed by atoms with Crippen molar-refractivity contribution in [1.29, 1.82) is 0 Å². The van der Waals surface area contributed by atoms with Crippen molar-refractivity contribution < 1.29 is 37.0 Å². The molecule has 0 bridgehead atoms. The van der Waals surface area contributed by atoms with Crippen molar-refractivity contribution in [3.05, 3.63) is 53.6 Å². The average molecular weight is 550 g/mol. The lowest BCUT2D eigenvalue weighted by atomic mass is 9.86. The van der Waals surface area contributed by atoms with Crippen LogP contribution < -0.4 is 20.1 Å². The summed E-state index contributed by atoms with van der Waals surface area (Å²) in [6, 6.07) is 9.90. The number of piperidine rings is 1. The number of benzene rings is 2. The number of amides is 2. The molecule has 4 rings (SSSR count). The average Bonchev–Trinajstić information content (AvgIpc) is 2.93. The van der Waals surface area contributed by atoms with E-state index in [0.29, 0.717) is 26.1 Å². The van der Waals surface area contributed by atoms with Gasteiger partial charge < -0.3 is 29.7 Å². The highest BCUT2D eigenvalue weighted by molar-refractivity contribution is 5.92. The lowest BCUT2D eigenvalue weighted by Gasteiger charge is -2.38. The lowest BCUT2D eigenvalue weighted by Crippen LogP contribution is -2.62. The molecule has 212 valence electrons. The Morgan fingerprint density at radius 3 is 2.31 bits per heavy atom. The number of rotatable bonds is 8. The molecule has 0 aromatic heterocycles. The molecule has 2 saturated heterocycles. The molecule has 2 aliphatic rings. The maximum absolute atomic E-state index is 13.5. The summed E-state index contributed by atoms with van der Waals surface area (Å²) in [6.45, 7) is 2.62. The van der Waals surface area contributed by atoms with Gasteiger partial charge in [0.1, 0.15) is 28.4 Å². The van der Waals surface area contributed by atoms with Crippen LogP contribution in [0.15, 0.2) is 42.5 Å². The molecule has 2 aliphatic heterocycles. The summed E-state index contributed by atoms with van der Waals surface area (Å²) in [5.74, 6) is -0.549. The maximum atomic E-state index is 13.5. The van der Waals surface area contributed by atoms with Crippen LogP contribution in [0.5, 0.6) is 17.2 Å². The van der Waals surface area contributed by atoms with Gasteiger partial charge in [-0.1, -0.05) is 12.1 Å². The minimum Gasteiger partial charge on any atom is -0.497 e. The Morgan fingerprint density at radius 2 is 1.69 bits per heavy atom. The maximum Gasteiger partial charge on any atom is 0.420 e. The summed E-state index contributed by atoms with van der Waals surface area (Å²) in [5, 5.41) is 5.96. The molecule has 2 N–H and O–H groups in total. The molecule has 0 aliphatic carbocycles. The first-order valence-corrected chi connectivity index (χ1v) is 13.0. The number of halogens is 3. The molecule has 2 amide bonds. The summed E-state index contributed by atoms with van der Waals surface area (Å²) in [6.07, 6.45) is -2.34. The fraction of sp³-hybridized carbons (Fsp3) is 0.500. The monoisotopic (exact) mass is 549 g/mol. The number of nitrogens with zero attached hydrogens (tertiary/aromatic N) is 1. The number of hydrogen-bond acceptors (Lipinski definition) is 6. The first-order valence-electron chi connectivity index (χ1n) is 13.0.